The lowest BCUT2D eigenvalue weighted by Crippen LogP contribution is -2.10. The van der Waals surface area contributed by atoms with Crippen molar-refractivity contribution in [1.29, 1.82) is 0 Å². The van der Waals surface area contributed by atoms with Crippen LogP contribution in [0.3, 0.4) is 0 Å². The maximum Gasteiger partial charge on any atom is 0.0462 e. The van der Waals surface area contributed by atoms with Gasteiger partial charge in [0.05, 0.1) is 0 Å². The van der Waals surface area contributed by atoms with Crippen LogP contribution in [0.5, 0.6) is 0 Å². The molecule has 21 aromatic carbocycles. The summed E-state index contributed by atoms with van der Waals surface area (Å²) in [7, 11) is 0. The monoisotopic (exact) mass is 1800 g/mol. The average molecular weight is 1810 g/mol. The number of nitrogens with zero attached hydrogens (tertiary/aromatic N) is 7. The minimum Gasteiger partial charge on any atom is -0.311 e. The van der Waals surface area contributed by atoms with Gasteiger partial charge >= 0.3 is 0 Å². The van der Waals surface area contributed by atoms with E-state index in [2.05, 4.69) is 617 Å². The number of anilines is 21. The summed E-state index contributed by atoms with van der Waals surface area (Å²) in [4.78, 5) is 16.2. The molecule has 7 heteroatoms. The van der Waals surface area contributed by atoms with E-state index in [1.165, 1.54) is 61.2 Å². The minimum atomic E-state index is 1.09. The molecule has 0 radical (unpaired) electrons. The van der Waals surface area contributed by atoms with Gasteiger partial charge in [0.15, 0.2) is 0 Å². The molecule has 140 heavy (non-hydrogen) atoms. The predicted octanol–water partition coefficient (Wildman–Crippen LogP) is 38.2. The highest BCUT2D eigenvalue weighted by atomic mass is 15.2. The van der Waals surface area contributed by atoms with Gasteiger partial charge in [0.1, 0.15) is 0 Å². The van der Waals surface area contributed by atoms with Gasteiger partial charge in [0.25, 0.3) is 0 Å². The van der Waals surface area contributed by atoms with E-state index < -0.39 is 0 Å². The van der Waals surface area contributed by atoms with E-state index >= 15 is 0 Å². The van der Waals surface area contributed by atoms with Crippen molar-refractivity contribution >= 4 is 119 Å². The first-order valence-electron chi connectivity index (χ1n) is 48.1. The summed E-state index contributed by atoms with van der Waals surface area (Å²) in [5.41, 5.74) is 43.7. The number of hydrogen-bond donors (Lipinski definition) is 0. The van der Waals surface area contributed by atoms with E-state index in [4.69, 9.17) is 0 Å². The van der Waals surface area contributed by atoms with Crippen molar-refractivity contribution < 1.29 is 0 Å². The third kappa shape index (κ3) is 20.6. The van der Waals surface area contributed by atoms with Gasteiger partial charge < -0.3 is 34.3 Å². The summed E-state index contributed by atoms with van der Waals surface area (Å²) < 4.78 is 0. The molecular formula is C133H109N7. The van der Waals surface area contributed by atoms with E-state index in [0.29, 0.717) is 0 Å². The normalized spacial score (nSPS) is 11.0. The van der Waals surface area contributed by atoms with Gasteiger partial charge in [0.2, 0.25) is 0 Å². The Morgan fingerprint density at radius 1 is 0.0786 bits per heavy atom. The van der Waals surface area contributed by atoms with Crippen molar-refractivity contribution in [1.82, 2.24) is 0 Å². The van der Waals surface area contributed by atoms with Crippen LogP contribution in [-0.4, -0.2) is 0 Å². The Balaban J connectivity index is 0.000000177. The van der Waals surface area contributed by atoms with Crippen LogP contribution in [0, 0.1) is 48.5 Å². The van der Waals surface area contributed by atoms with Crippen molar-refractivity contribution in [3.05, 3.63) is 573 Å². The number of benzene rings is 21. The van der Waals surface area contributed by atoms with E-state index in [1.807, 2.05) is 0 Å². The second-order valence-corrected chi connectivity index (χ2v) is 36.0. The predicted molar refractivity (Wildman–Crippen MR) is 596 cm³/mol. The number of hydrogen-bond acceptors (Lipinski definition) is 7. The first-order chi connectivity index (χ1) is 68.7. The molecule has 0 aliphatic rings. The van der Waals surface area contributed by atoms with Crippen molar-refractivity contribution in [3.63, 3.8) is 0 Å². The molecule has 0 N–H and O–H groups in total. The molecule has 0 aliphatic carbocycles. The van der Waals surface area contributed by atoms with Crippen molar-refractivity contribution in [2.24, 2.45) is 0 Å². The maximum atomic E-state index is 2.33. The van der Waals surface area contributed by atoms with Gasteiger partial charge in [-0.2, -0.15) is 0 Å². The number of aryl methyl sites for hydroxylation is 7. The van der Waals surface area contributed by atoms with Crippen LogP contribution in [0.2, 0.25) is 0 Å². The maximum absolute atomic E-state index is 2.33. The fraction of sp³-hybridized carbons (Fsp3) is 0.0526. The summed E-state index contributed by atoms with van der Waals surface area (Å²) in [5.74, 6) is 0. The molecule has 0 saturated carbocycles. The highest BCUT2D eigenvalue weighted by Crippen LogP contribution is 2.46. The van der Waals surface area contributed by atoms with E-state index in [9.17, 15) is 0 Å². The molecule has 21 aromatic rings. The molecule has 0 atom stereocenters. The average Bonchev–Trinajstić information content (AvgIpc) is 0.789. The van der Waals surface area contributed by atoms with Crippen molar-refractivity contribution in [2.75, 3.05) is 34.3 Å². The third-order valence-corrected chi connectivity index (χ3v) is 26.0. The molecule has 0 unspecified atom stereocenters. The van der Waals surface area contributed by atoms with E-state index in [-0.39, 0.29) is 0 Å². The zero-order valence-corrected chi connectivity index (χ0v) is 79.9. The van der Waals surface area contributed by atoms with Gasteiger partial charge in [-0.15, -0.1) is 0 Å². The molecule has 0 spiro atoms. The summed E-state index contributed by atoms with van der Waals surface area (Å²) in [5, 5.41) is 0. The van der Waals surface area contributed by atoms with Gasteiger partial charge in [-0.1, -0.05) is 318 Å². The molecular weight excluding hydrogens is 1700 g/mol. The molecule has 0 heterocycles. The summed E-state index contributed by atoms with van der Waals surface area (Å²) in [6, 6.07) is 192. The molecule has 0 amide bonds. The Morgan fingerprint density at radius 2 is 0.150 bits per heavy atom. The lowest BCUT2D eigenvalue weighted by atomic mass is 10.0. The largest absolute Gasteiger partial charge is 0.311 e. The highest BCUT2D eigenvalue weighted by molar-refractivity contribution is 5.89. The van der Waals surface area contributed by atoms with Gasteiger partial charge in [0, 0.05) is 119 Å². The second kappa shape index (κ2) is 41.6. The van der Waals surface area contributed by atoms with Crippen LogP contribution < -0.4 is 34.3 Å². The molecule has 0 aromatic heterocycles. The topological polar surface area (TPSA) is 22.7 Å². The Morgan fingerprint density at radius 3 is 0.236 bits per heavy atom. The zero-order valence-electron chi connectivity index (χ0n) is 79.9. The minimum absolute atomic E-state index is 1.09. The van der Waals surface area contributed by atoms with Crippen LogP contribution in [0.4, 0.5) is 119 Å². The summed E-state index contributed by atoms with van der Waals surface area (Å²) in [6.07, 6.45) is 0. The Kier molecular flexibility index (Phi) is 26.8. The number of para-hydroxylation sites is 4. The van der Waals surface area contributed by atoms with Crippen LogP contribution >= 0.6 is 0 Å². The molecule has 0 fully saturated rings. The van der Waals surface area contributed by atoms with Crippen molar-refractivity contribution in [3.8, 4) is 55.6 Å². The van der Waals surface area contributed by atoms with Gasteiger partial charge in [-0.3, -0.25) is 0 Å². The van der Waals surface area contributed by atoms with Gasteiger partial charge in [-0.25, -0.2) is 0 Å². The highest BCUT2D eigenvalue weighted by Gasteiger charge is 2.23. The van der Waals surface area contributed by atoms with Crippen LogP contribution in [-0.2, 0) is 0 Å². The second-order valence-electron chi connectivity index (χ2n) is 36.0. The van der Waals surface area contributed by atoms with E-state index in [1.54, 1.807) is 0 Å². The zero-order chi connectivity index (χ0) is 95.2. The Bertz CT molecular complexity index is 7080. The van der Waals surface area contributed by atoms with Gasteiger partial charge in [-0.05, 0) is 359 Å². The van der Waals surface area contributed by atoms with Crippen molar-refractivity contribution in [2.45, 2.75) is 48.5 Å². The summed E-state index contributed by atoms with van der Waals surface area (Å²) >= 11 is 0. The lowest BCUT2D eigenvalue weighted by Gasteiger charge is -2.27. The molecule has 0 saturated heterocycles. The van der Waals surface area contributed by atoms with Crippen LogP contribution in [0.25, 0.3) is 55.6 Å². The molecule has 0 bridgehead atoms. The summed E-state index contributed by atoms with van der Waals surface area (Å²) in [6.45, 7) is 14.9. The quantitative estimate of drug-likeness (QED) is 0.0532. The van der Waals surface area contributed by atoms with E-state index in [0.717, 1.165) is 153 Å². The lowest BCUT2D eigenvalue weighted by molar-refractivity contribution is 1.27. The first kappa shape index (κ1) is 90.1. The standard InChI is InChI=1S/C74H58N4.C59H51N3/c1-55-23-39-67(40-24-55)75(63-15-7-3-8-16-63)69-43-27-57(28-44-69)59-31-47-71(48-32-59)77(65-19-11-5-12-20-65)73-51-35-61(36-52-73)62-37-53-74(54-38-62)78(66-21-13-6-14-22-66)72-49-33-60(34-50-72)58-29-45-70(46-30-58)76(64-17-9-4-10-18-64)68-41-25-56(2)26-42-68;1-42-6-24-51(25-7-42)60(52-26-8-43(2)9-27-52)56-34-16-47(17-35-56)49-20-38-58(39-21-49)62(55-32-14-46(5)15-33-55)59-40-22-50(23-41-59)48-18-36-57(37-19-48)61(53-28-10-44(3)11-29-53)54-30-12-45(4)13-31-54/h3-54H,1-2H3;6-41H,1-5H3. The molecule has 7 nitrogen and oxygen atoms in total. The fourth-order valence-corrected chi connectivity index (χ4v) is 18.3. The Hall–Kier alpha value is -17.8. The molecule has 0 aliphatic heterocycles. The molecule has 676 valence electrons. The number of rotatable bonds is 26. The smallest absolute Gasteiger partial charge is 0.0462 e. The van der Waals surface area contributed by atoms with Crippen LogP contribution in [0.15, 0.2) is 534 Å². The first-order valence-corrected chi connectivity index (χ1v) is 48.1. The molecule has 21 rings (SSSR count). The fourth-order valence-electron chi connectivity index (χ4n) is 18.3. The Labute approximate surface area is 824 Å². The SMILES string of the molecule is Cc1ccc(N(c2ccc(C)cc2)c2ccc(-c3ccc(N(c4ccc(C)cc4)c4ccc(-c5ccc(N(c6ccc(C)cc6)c6ccc(C)cc6)cc5)cc4)cc3)cc2)cc1.Cc1ccc(N(c2ccccc2)c2ccc(-c3ccc(N(c4ccccc4)c4ccc(-c5ccc(N(c6ccccc6)c6ccc(-c7ccc(N(c8ccccc8)c8ccc(C)cc8)cc7)cc6)cc5)cc4)cc3)cc2)cc1. The van der Waals surface area contributed by atoms with Crippen LogP contribution in [0.1, 0.15) is 38.9 Å². The third-order valence-electron chi connectivity index (χ3n) is 26.0.